The highest BCUT2D eigenvalue weighted by Crippen LogP contribution is 2.25. The van der Waals surface area contributed by atoms with Gasteiger partial charge < -0.3 is 8.94 Å². The Hall–Kier alpha value is -1.79. The maximum absolute atomic E-state index is 5.85. The monoisotopic (exact) mass is 321 g/mol. The van der Waals surface area contributed by atoms with Crippen molar-refractivity contribution in [2.45, 2.75) is 24.8 Å². The molecule has 0 amide bonds. The zero-order chi connectivity index (χ0) is 14.8. The topological polar surface area (TPSA) is 65.0 Å². The Labute approximate surface area is 130 Å². The first kappa shape index (κ1) is 14.2. The molecule has 0 spiro atoms. The number of aromatic nitrogens is 3. The minimum atomic E-state index is 0.514. The molecule has 0 saturated heterocycles. The third kappa shape index (κ3) is 3.28. The van der Waals surface area contributed by atoms with Crippen LogP contribution in [0.4, 0.5) is 0 Å². The van der Waals surface area contributed by atoms with Crippen LogP contribution in [0.1, 0.15) is 17.3 Å². The van der Waals surface area contributed by atoms with Gasteiger partial charge in [0.05, 0.1) is 11.4 Å². The number of hydrogen-bond acceptors (Lipinski definition) is 6. The molecule has 0 aliphatic heterocycles. The standard InChI is InChI=1S/C14H12ClN3O2S/c1-8-9(2)19-14(16-8)21-7-12-17-13(18-20-12)10-3-5-11(15)6-4-10/h3-6H,7H2,1-2H3. The van der Waals surface area contributed by atoms with Crippen LogP contribution >= 0.6 is 23.4 Å². The second-order valence-electron chi connectivity index (χ2n) is 4.43. The van der Waals surface area contributed by atoms with Crippen LogP contribution in [0.2, 0.25) is 5.02 Å². The number of thioether (sulfide) groups is 1. The van der Waals surface area contributed by atoms with Crippen molar-refractivity contribution in [3.05, 3.63) is 46.6 Å². The zero-order valence-electron chi connectivity index (χ0n) is 11.5. The number of aryl methyl sites for hydroxylation is 2. The van der Waals surface area contributed by atoms with Crippen molar-refractivity contribution in [1.29, 1.82) is 0 Å². The van der Waals surface area contributed by atoms with Crippen LogP contribution in [0.15, 0.2) is 38.4 Å². The predicted octanol–water partition coefficient (Wildman–Crippen LogP) is 4.29. The highest BCUT2D eigenvalue weighted by Gasteiger charge is 2.12. The van der Waals surface area contributed by atoms with Crippen LogP contribution in [0.3, 0.4) is 0 Å². The molecule has 0 aliphatic carbocycles. The van der Waals surface area contributed by atoms with E-state index in [1.807, 2.05) is 26.0 Å². The van der Waals surface area contributed by atoms with E-state index in [-0.39, 0.29) is 0 Å². The first-order valence-corrected chi connectivity index (χ1v) is 7.63. The maximum atomic E-state index is 5.85. The lowest BCUT2D eigenvalue weighted by atomic mass is 10.2. The molecule has 0 bridgehead atoms. The predicted molar refractivity (Wildman–Crippen MR) is 80.3 cm³/mol. The third-order valence-electron chi connectivity index (χ3n) is 2.90. The molecule has 21 heavy (non-hydrogen) atoms. The summed E-state index contributed by atoms with van der Waals surface area (Å²) in [6.45, 7) is 3.80. The molecule has 1 aromatic carbocycles. The molecule has 2 heterocycles. The smallest absolute Gasteiger partial charge is 0.256 e. The van der Waals surface area contributed by atoms with Crippen molar-refractivity contribution < 1.29 is 8.94 Å². The molecule has 5 nitrogen and oxygen atoms in total. The molecule has 2 aromatic heterocycles. The molecule has 0 unspecified atom stereocenters. The summed E-state index contributed by atoms with van der Waals surface area (Å²) >= 11 is 7.28. The van der Waals surface area contributed by atoms with Gasteiger partial charge in [0.15, 0.2) is 0 Å². The molecular formula is C14H12ClN3O2S. The summed E-state index contributed by atoms with van der Waals surface area (Å²) in [6, 6.07) is 7.29. The van der Waals surface area contributed by atoms with Gasteiger partial charge in [-0.25, -0.2) is 4.98 Å². The lowest BCUT2D eigenvalue weighted by Crippen LogP contribution is -1.83. The van der Waals surface area contributed by atoms with Crippen molar-refractivity contribution in [3.63, 3.8) is 0 Å². The summed E-state index contributed by atoms with van der Waals surface area (Å²) in [6.07, 6.45) is 0. The maximum Gasteiger partial charge on any atom is 0.256 e. The SMILES string of the molecule is Cc1nc(SCc2nc(-c3ccc(Cl)cc3)no2)oc1C. The summed E-state index contributed by atoms with van der Waals surface area (Å²) in [4.78, 5) is 8.64. The van der Waals surface area contributed by atoms with Crippen molar-refractivity contribution in [2.24, 2.45) is 0 Å². The van der Waals surface area contributed by atoms with Crippen molar-refractivity contribution >= 4 is 23.4 Å². The number of benzene rings is 1. The minimum absolute atomic E-state index is 0.514. The fourth-order valence-electron chi connectivity index (χ4n) is 1.66. The van der Waals surface area contributed by atoms with Crippen LogP contribution in [0.5, 0.6) is 0 Å². The van der Waals surface area contributed by atoms with E-state index in [4.69, 9.17) is 20.5 Å². The second kappa shape index (κ2) is 5.91. The van der Waals surface area contributed by atoms with E-state index < -0.39 is 0 Å². The van der Waals surface area contributed by atoms with Gasteiger partial charge in [-0.15, -0.1) is 0 Å². The van der Waals surface area contributed by atoms with Gasteiger partial charge in [-0.05, 0) is 38.1 Å². The Morgan fingerprint density at radius 1 is 1.14 bits per heavy atom. The molecule has 7 heteroatoms. The average molecular weight is 322 g/mol. The molecule has 108 valence electrons. The fraction of sp³-hybridized carbons (Fsp3) is 0.214. The Bertz CT molecular complexity index is 732. The van der Waals surface area contributed by atoms with Gasteiger partial charge in [-0.3, -0.25) is 0 Å². The van der Waals surface area contributed by atoms with Crippen molar-refractivity contribution in [3.8, 4) is 11.4 Å². The van der Waals surface area contributed by atoms with Crippen molar-refractivity contribution in [2.75, 3.05) is 0 Å². The Morgan fingerprint density at radius 3 is 2.57 bits per heavy atom. The number of hydrogen-bond donors (Lipinski definition) is 0. The van der Waals surface area contributed by atoms with E-state index in [0.717, 1.165) is 17.0 Å². The van der Waals surface area contributed by atoms with E-state index in [0.29, 0.717) is 27.7 Å². The Morgan fingerprint density at radius 2 is 1.90 bits per heavy atom. The van der Waals surface area contributed by atoms with Gasteiger partial charge in [0.1, 0.15) is 5.76 Å². The summed E-state index contributed by atoms with van der Waals surface area (Å²) in [7, 11) is 0. The van der Waals surface area contributed by atoms with Gasteiger partial charge in [-0.2, -0.15) is 4.98 Å². The van der Waals surface area contributed by atoms with Crippen LogP contribution < -0.4 is 0 Å². The van der Waals surface area contributed by atoms with Crippen LogP contribution in [-0.4, -0.2) is 15.1 Å². The quantitative estimate of drug-likeness (QED) is 0.668. The molecule has 0 fully saturated rings. The van der Waals surface area contributed by atoms with E-state index in [1.165, 1.54) is 11.8 Å². The second-order valence-corrected chi connectivity index (χ2v) is 5.79. The number of halogens is 1. The molecule has 0 saturated carbocycles. The number of oxazole rings is 1. The fourth-order valence-corrected chi connectivity index (χ4v) is 2.53. The first-order valence-electron chi connectivity index (χ1n) is 6.27. The normalized spacial score (nSPS) is 11.0. The van der Waals surface area contributed by atoms with Gasteiger partial charge >= 0.3 is 0 Å². The highest BCUT2D eigenvalue weighted by molar-refractivity contribution is 7.98. The molecule has 0 aliphatic rings. The largest absolute Gasteiger partial charge is 0.437 e. The average Bonchev–Trinajstić information content (AvgIpc) is 3.05. The van der Waals surface area contributed by atoms with Crippen LogP contribution in [0, 0.1) is 13.8 Å². The van der Waals surface area contributed by atoms with Gasteiger partial charge in [0, 0.05) is 10.6 Å². The third-order valence-corrected chi connectivity index (χ3v) is 3.96. The molecule has 0 atom stereocenters. The van der Waals surface area contributed by atoms with Gasteiger partial charge in [0.2, 0.25) is 11.7 Å². The minimum Gasteiger partial charge on any atom is -0.437 e. The summed E-state index contributed by atoms with van der Waals surface area (Å²) in [5.41, 5.74) is 1.76. The first-order chi connectivity index (χ1) is 10.1. The highest BCUT2D eigenvalue weighted by atomic mass is 35.5. The van der Waals surface area contributed by atoms with E-state index >= 15 is 0 Å². The lowest BCUT2D eigenvalue weighted by molar-refractivity contribution is 0.390. The molecule has 3 rings (SSSR count). The van der Waals surface area contributed by atoms with Crippen LogP contribution in [-0.2, 0) is 5.75 Å². The summed E-state index contributed by atoms with van der Waals surface area (Å²) in [5.74, 6) is 2.41. The molecule has 0 radical (unpaired) electrons. The van der Waals surface area contributed by atoms with Gasteiger partial charge in [-0.1, -0.05) is 28.5 Å². The van der Waals surface area contributed by atoms with E-state index in [9.17, 15) is 0 Å². The van der Waals surface area contributed by atoms with E-state index in [1.54, 1.807) is 12.1 Å². The van der Waals surface area contributed by atoms with Gasteiger partial charge in [0.25, 0.3) is 5.22 Å². The van der Waals surface area contributed by atoms with E-state index in [2.05, 4.69) is 15.1 Å². The number of rotatable bonds is 4. The Balaban J connectivity index is 1.69. The molecule has 0 N–H and O–H groups in total. The molecule has 3 aromatic rings. The van der Waals surface area contributed by atoms with Crippen LogP contribution in [0.25, 0.3) is 11.4 Å². The summed E-state index contributed by atoms with van der Waals surface area (Å²) < 4.78 is 10.7. The lowest BCUT2D eigenvalue weighted by Gasteiger charge is -1.93. The Kier molecular flexibility index (Phi) is 3.98. The van der Waals surface area contributed by atoms with Crippen molar-refractivity contribution in [1.82, 2.24) is 15.1 Å². The summed E-state index contributed by atoms with van der Waals surface area (Å²) in [5, 5.41) is 5.24. The molecular weight excluding hydrogens is 310 g/mol. The number of nitrogens with zero attached hydrogens (tertiary/aromatic N) is 3. The zero-order valence-corrected chi connectivity index (χ0v) is 13.0.